The number of hydrogen-bond donors (Lipinski definition) is 0. The van der Waals surface area contributed by atoms with Crippen LogP contribution in [0.1, 0.15) is 152 Å². The van der Waals surface area contributed by atoms with E-state index in [0.29, 0.717) is 25.2 Å². The number of ether oxygens (including phenoxy) is 2. The van der Waals surface area contributed by atoms with Gasteiger partial charge in [-0.15, -0.1) is 0 Å². The predicted octanol–water partition coefficient (Wildman–Crippen LogP) is 10.5. The zero-order chi connectivity index (χ0) is 32.7. The first-order chi connectivity index (χ1) is 22.4. The molecule has 6 heteroatoms. The van der Waals surface area contributed by atoms with Gasteiger partial charge in [-0.1, -0.05) is 72.4 Å². The van der Waals surface area contributed by atoms with Crippen molar-refractivity contribution >= 4 is 0 Å². The highest BCUT2D eigenvalue weighted by Crippen LogP contribution is 2.36. The van der Waals surface area contributed by atoms with Gasteiger partial charge in [0.2, 0.25) is 0 Å². The van der Waals surface area contributed by atoms with Crippen LogP contribution in [0.15, 0.2) is 49.1 Å². The highest BCUT2D eigenvalue weighted by atomic mass is 16.5. The average molecular weight is 629 g/mol. The normalized spacial score (nSPS) is 26.1. The molecule has 0 radical (unpaired) electrons. The first-order valence-corrected chi connectivity index (χ1v) is 18.3. The minimum absolute atomic E-state index is 0.416. The van der Waals surface area contributed by atoms with E-state index in [0.717, 1.165) is 46.6 Å². The molecule has 0 unspecified atom stereocenters. The van der Waals surface area contributed by atoms with Gasteiger partial charge in [-0.25, -0.2) is 19.9 Å². The number of aryl methyl sites for hydroxylation is 1. The first kappa shape index (κ1) is 36.0. The lowest BCUT2D eigenvalue weighted by molar-refractivity contribution is 0.00561. The molecule has 0 spiro atoms. The van der Waals surface area contributed by atoms with Gasteiger partial charge in [0.25, 0.3) is 0 Å². The van der Waals surface area contributed by atoms with E-state index in [-0.39, 0.29) is 0 Å². The summed E-state index contributed by atoms with van der Waals surface area (Å²) in [4.78, 5) is 17.6. The molecule has 2 heterocycles. The second-order valence-electron chi connectivity index (χ2n) is 14.1. The quantitative estimate of drug-likeness (QED) is 0.247. The highest BCUT2D eigenvalue weighted by molar-refractivity contribution is 5.29. The molecule has 3 aliphatic rings. The monoisotopic (exact) mass is 628 g/mol. The van der Waals surface area contributed by atoms with Crippen molar-refractivity contribution in [2.75, 3.05) is 0 Å². The maximum atomic E-state index is 5.99. The van der Waals surface area contributed by atoms with Gasteiger partial charge in [0.05, 0.1) is 6.10 Å². The van der Waals surface area contributed by atoms with E-state index in [9.17, 15) is 0 Å². The van der Waals surface area contributed by atoms with Crippen LogP contribution in [0, 0.1) is 24.7 Å². The molecular weight excluding hydrogens is 568 g/mol. The van der Waals surface area contributed by atoms with Crippen molar-refractivity contribution in [3.8, 4) is 5.75 Å². The third-order valence-electron chi connectivity index (χ3n) is 10.2. The van der Waals surface area contributed by atoms with Crippen molar-refractivity contribution in [3.05, 3.63) is 77.4 Å². The fraction of sp³-hybridized carbons (Fsp3) is 0.650. The van der Waals surface area contributed by atoms with E-state index in [1.54, 1.807) is 0 Å². The van der Waals surface area contributed by atoms with Crippen LogP contribution in [0.4, 0.5) is 0 Å². The molecule has 0 atom stereocenters. The van der Waals surface area contributed by atoms with E-state index in [1.165, 1.54) is 88.2 Å². The lowest BCUT2D eigenvalue weighted by atomic mass is 9.79. The summed E-state index contributed by atoms with van der Waals surface area (Å²) >= 11 is 0. The summed E-state index contributed by atoms with van der Waals surface area (Å²) in [5, 5.41) is 0. The van der Waals surface area contributed by atoms with Crippen molar-refractivity contribution in [1.29, 1.82) is 0 Å². The molecule has 1 aromatic carbocycles. The highest BCUT2D eigenvalue weighted by Gasteiger charge is 2.22. The van der Waals surface area contributed by atoms with Crippen molar-refractivity contribution < 1.29 is 9.47 Å². The van der Waals surface area contributed by atoms with Gasteiger partial charge in [-0.05, 0) is 117 Å². The van der Waals surface area contributed by atoms with Crippen molar-refractivity contribution in [3.63, 3.8) is 0 Å². The van der Waals surface area contributed by atoms with Gasteiger partial charge in [-0.2, -0.15) is 0 Å². The zero-order valence-corrected chi connectivity index (χ0v) is 29.6. The molecule has 3 saturated carbocycles. The molecule has 3 fully saturated rings. The predicted molar refractivity (Wildman–Crippen MR) is 188 cm³/mol. The minimum Gasteiger partial charge on any atom is -0.486 e. The summed E-state index contributed by atoms with van der Waals surface area (Å²) in [6.07, 6.45) is 23.7. The van der Waals surface area contributed by atoms with Gasteiger partial charge in [0, 0.05) is 24.8 Å². The van der Waals surface area contributed by atoms with Gasteiger partial charge < -0.3 is 9.47 Å². The van der Waals surface area contributed by atoms with Crippen molar-refractivity contribution in [2.24, 2.45) is 17.8 Å². The smallest absolute Gasteiger partial charge is 0.166 e. The molecule has 0 bridgehead atoms. The van der Waals surface area contributed by atoms with Crippen LogP contribution >= 0.6 is 0 Å². The number of aromatic nitrogens is 4. The Morgan fingerprint density at radius 2 is 0.978 bits per heavy atom. The summed E-state index contributed by atoms with van der Waals surface area (Å²) in [5.41, 5.74) is 3.84. The number of benzene rings is 1. The van der Waals surface area contributed by atoms with Gasteiger partial charge in [0.15, 0.2) is 11.6 Å². The number of nitrogens with zero attached hydrogens (tertiary/aromatic N) is 4. The Bertz CT molecular complexity index is 1220. The van der Waals surface area contributed by atoms with E-state index in [1.807, 2.05) is 45.6 Å². The lowest BCUT2D eigenvalue weighted by Crippen LogP contribution is -2.20. The Morgan fingerprint density at radius 1 is 0.543 bits per heavy atom. The maximum absolute atomic E-state index is 5.99. The van der Waals surface area contributed by atoms with Crippen molar-refractivity contribution in [1.82, 2.24) is 19.9 Å². The molecule has 0 aliphatic heterocycles. The number of hydrogen-bond acceptors (Lipinski definition) is 6. The van der Waals surface area contributed by atoms with E-state index in [2.05, 4.69) is 65.0 Å². The molecule has 0 saturated heterocycles. The molecule has 2 aromatic heterocycles. The molecule has 0 N–H and O–H groups in total. The molecule has 6 nitrogen and oxygen atoms in total. The summed E-state index contributed by atoms with van der Waals surface area (Å²) < 4.78 is 11.8. The van der Waals surface area contributed by atoms with E-state index < -0.39 is 0 Å². The first-order valence-electron chi connectivity index (χ1n) is 18.3. The Kier molecular flexibility index (Phi) is 14.9. The average Bonchev–Trinajstić information content (AvgIpc) is 3.10. The Morgan fingerprint density at radius 3 is 1.50 bits per heavy atom. The van der Waals surface area contributed by atoms with Crippen LogP contribution in [0.3, 0.4) is 0 Å². The van der Waals surface area contributed by atoms with Crippen LogP contribution < -0.4 is 4.74 Å². The van der Waals surface area contributed by atoms with Crippen LogP contribution in [0.5, 0.6) is 5.75 Å². The molecule has 0 amide bonds. The summed E-state index contributed by atoms with van der Waals surface area (Å²) in [6.45, 7) is 14.0. The maximum Gasteiger partial charge on any atom is 0.166 e. The SMILES string of the molecule is CC.CC1CCC(OCc2ncc(C3CCC(C)CC3)cn2)CC1.Cc1cnc(COc2ccc(C3CCC(C)CC3)cc2)nc1. The fourth-order valence-corrected chi connectivity index (χ4v) is 6.90. The third kappa shape index (κ3) is 11.7. The lowest BCUT2D eigenvalue weighted by Gasteiger charge is -2.26. The zero-order valence-electron chi connectivity index (χ0n) is 29.6. The fourth-order valence-electron chi connectivity index (χ4n) is 6.90. The summed E-state index contributed by atoms with van der Waals surface area (Å²) in [6, 6.07) is 8.57. The number of rotatable bonds is 8. The summed E-state index contributed by atoms with van der Waals surface area (Å²) in [7, 11) is 0. The topological polar surface area (TPSA) is 70.0 Å². The van der Waals surface area contributed by atoms with Gasteiger partial charge in [0.1, 0.15) is 19.0 Å². The van der Waals surface area contributed by atoms with Gasteiger partial charge >= 0.3 is 0 Å². The van der Waals surface area contributed by atoms with Crippen LogP contribution in [-0.2, 0) is 18.0 Å². The molecule has 46 heavy (non-hydrogen) atoms. The Labute approximate surface area is 279 Å². The second-order valence-corrected chi connectivity index (χ2v) is 14.1. The molecule has 252 valence electrons. The summed E-state index contributed by atoms with van der Waals surface area (Å²) in [5.74, 6) is 6.50. The Balaban J connectivity index is 0.000000198. The van der Waals surface area contributed by atoms with Crippen LogP contribution in [-0.4, -0.2) is 26.0 Å². The van der Waals surface area contributed by atoms with Crippen LogP contribution in [0.2, 0.25) is 0 Å². The van der Waals surface area contributed by atoms with Gasteiger partial charge in [-0.3, -0.25) is 0 Å². The van der Waals surface area contributed by atoms with E-state index in [4.69, 9.17) is 9.47 Å². The molecule has 3 aliphatic carbocycles. The second kappa shape index (κ2) is 19.1. The minimum atomic E-state index is 0.416. The largest absolute Gasteiger partial charge is 0.486 e. The van der Waals surface area contributed by atoms with Crippen LogP contribution in [0.25, 0.3) is 0 Å². The third-order valence-corrected chi connectivity index (χ3v) is 10.2. The van der Waals surface area contributed by atoms with Crippen molar-refractivity contribution in [2.45, 2.75) is 150 Å². The molecule has 3 aromatic rings. The Hall–Kier alpha value is -2.86. The standard InChI is InChI=1S/C19H30N2O.C19H24N2O.C2H6/c1-14-3-7-16(8-4-14)17-11-20-19(21-12-17)13-22-18-9-5-15(2)6-10-18;1-14-3-5-16(6-4-14)17-7-9-18(10-8-17)22-13-19-20-11-15(2)12-21-19;1-2/h11-12,14-16,18H,3-10,13H2,1-2H3;7-12,14,16H,3-6,13H2,1-2H3;1-2H3. The van der Waals surface area contributed by atoms with E-state index >= 15 is 0 Å². The molecular formula is C40H60N4O2. The molecule has 6 rings (SSSR count).